The third-order valence-electron chi connectivity index (χ3n) is 4.25. The molecule has 0 amide bonds. The predicted octanol–water partition coefficient (Wildman–Crippen LogP) is 6.44. The highest BCUT2D eigenvalue weighted by molar-refractivity contribution is 9.10. The molecule has 3 aromatic rings. The maximum atomic E-state index is 13.9. The van der Waals surface area contributed by atoms with E-state index < -0.39 is 5.82 Å². The molecule has 0 unspecified atom stereocenters. The summed E-state index contributed by atoms with van der Waals surface area (Å²) in [5.41, 5.74) is 1.59. The van der Waals surface area contributed by atoms with Gasteiger partial charge in [-0.3, -0.25) is 4.79 Å². The van der Waals surface area contributed by atoms with Gasteiger partial charge in [0.15, 0.2) is 5.76 Å². The lowest BCUT2D eigenvalue weighted by Gasteiger charge is -2.09. The van der Waals surface area contributed by atoms with Gasteiger partial charge in [0.05, 0.1) is 10.6 Å². The fourth-order valence-electron chi connectivity index (χ4n) is 2.79. The van der Waals surface area contributed by atoms with Gasteiger partial charge in [0.25, 0.3) is 0 Å². The van der Waals surface area contributed by atoms with E-state index in [4.69, 9.17) is 21.1 Å². The van der Waals surface area contributed by atoms with E-state index in [9.17, 15) is 9.18 Å². The van der Waals surface area contributed by atoms with Crippen molar-refractivity contribution in [3.63, 3.8) is 0 Å². The molecule has 4 rings (SSSR count). The largest absolute Gasteiger partial charge is 0.489 e. The smallest absolute Gasteiger partial charge is 0.231 e. The first-order chi connectivity index (χ1) is 13.5. The number of fused-ring (bicyclic) bond motifs is 1. The lowest BCUT2D eigenvalue weighted by atomic mass is 10.1. The van der Waals surface area contributed by atoms with Gasteiger partial charge in [-0.1, -0.05) is 45.7 Å². The summed E-state index contributed by atoms with van der Waals surface area (Å²) in [5.74, 6) is 0.481. The number of Topliss-reactive ketones (excluding diaryl/α,β-unsaturated/α-hetero) is 1. The molecule has 6 heteroatoms. The second kappa shape index (κ2) is 7.78. The first kappa shape index (κ1) is 18.7. The van der Waals surface area contributed by atoms with Crippen LogP contribution in [0.3, 0.4) is 0 Å². The molecule has 1 heterocycles. The molecule has 3 nitrogen and oxygen atoms in total. The molecule has 28 heavy (non-hydrogen) atoms. The normalized spacial score (nSPS) is 14.1. The number of carbonyl (C=O) groups excluding carboxylic acids is 1. The molecule has 0 aliphatic carbocycles. The van der Waals surface area contributed by atoms with E-state index in [1.165, 1.54) is 12.1 Å². The van der Waals surface area contributed by atoms with Crippen LogP contribution in [0, 0.1) is 5.82 Å². The standard InChI is InChI=1S/C22H13BrClFO3/c23-14-6-4-13(5-7-14)10-21-22(26)16-9-8-15(11-20(16)28-21)27-12-17-18(24)2-1-3-19(17)25/h1-11H,12H2/b21-10-. The molecular weight excluding hydrogens is 447 g/mol. The minimum atomic E-state index is -0.431. The molecule has 0 saturated carbocycles. The SMILES string of the molecule is O=C1/C(=C/c2ccc(Br)cc2)Oc2cc(OCc3c(F)cccc3Cl)ccc21. The van der Waals surface area contributed by atoms with Crippen molar-refractivity contribution in [3.05, 3.63) is 98.4 Å². The van der Waals surface area contributed by atoms with Gasteiger partial charge in [0.2, 0.25) is 5.78 Å². The molecular formula is C22H13BrClFO3. The van der Waals surface area contributed by atoms with Crippen LogP contribution in [-0.2, 0) is 6.61 Å². The monoisotopic (exact) mass is 458 g/mol. The van der Waals surface area contributed by atoms with Gasteiger partial charge < -0.3 is 9.47 Å². The average Bonchev–Trinajstić information content (AvgIpc) is 2.98. The highest BCUT2D eigenvalue weighted by atomic mass is 79.9. The van der Waals surface area contributed by atoms with Crippen LogP contribution >= 0.6 is 27.5 Å². The van der Waals surface area contributed by atoms with Crippen LogP contribution < -0.4 is 9.47 Å². The van der Waals surface area contributed by atoms with E-state index in [2.05, 4.69) is 15.9 Å². The van der Waals surface area contributed by atoms with Crippen molar-refractivity contribution in [1.29, 1.82) is 0 Å². The molecule has 140 valence electrons. The fraction of sp³-hybridized carbons (Fsp3) is 0.0455. The predicted molar refractivity (Wildman–Crippen MR) is 109 cm³/mol. The Kier molecular flexibility index (Phi) is 5.20. The molecule has 0 fully saturated rings. The Labute approximate surface area is 174 Å². The van der Waals surface area contributed by atoms with Gasteiger partial charge in [-0.25, -0.2) is 4.39 Å². The second-order valence-electron chi connectivity index (χ2n) is 6.14. The minimum Gasteiger partial charge on any atom is -0.489 e. The van der Waals surface area contributed by atoms with Crippen molar-refractivity contribution in [2.45, 2.75) is 6.61 Å². The second-order valence-corrected chi connectivity index (χ2v) is 7.46. The molecule has 0 N–H and O–H groups in total. The van der Waals surface area contributed by atoms with E-state index >= 15 is 0 Å². The number of allylic oxidation sites excluding steroid dienone is 1. The van der Waals surface area contributed by atoms with Gasteiger partial charge in [-0.15, -0.1) is 0 Å². The Bertz CT molecular complexity index is 1070. The molecule has 0 aromatic heterocycles. The summed E-state index contributed by atoms with van der Waals surface area (Å²) in [7, 11) is 0. The summed E-state index contributed by atoms with van der Waals surface area (Å²) in [6, 6.07) is 16.9. The molecule has 1 aliphatic heterocycles. The zero-order chi connectivity index (χ0) is 19.7. The van der Waals surface area contributed by atoms with Crippen LogP contribution in [0.5, 0.6) is 11.5 Å². The van der Waals surface area contributed by atoms with Crippen LogP contribution in [-0.4, -0.2) is 5.78 Å². The molecule has 0 saturated heterocycles. The molecule has 0 atom stereocenters. The number of benzene rings is 3. The zero-order valence-electron chi connectivity index (χ0n) is 14.4. The fourth-order valence-corrected chi connectivity index (χ4v) is 3.28. The maximum Gasteiger partial charge on any atom is 0.231 e. The third kappa shape index (κ3) is 3.81. The van der Waals surface area contributed by atoms with Crippen LogP contribution in [0.15, 0.2) is 70.9 Å². The van der Waals surface area contributed by atoms with Gasteiger partial charge in [0.1, 0.15) is 23.9 Å². The van der Waals surface area contributed by atoms with Gasteiger partial charge >= 0.3 is 0 Å². The Hall–Kier alpha value is -2.63. The average molecular weight is 460 g/mol. The number of ether oxygens (including phenoxy) is 2. The summed E-state index contributed by atoms with van der Waals surface area (Å²) in [4.78, 5) is 12.5. The number of hydrogen-bond donors (Lipinski definition) is 0. The molecule has 0 spiro atoms. The Morgan fingerprint density at radius 3 is 2.64 bits per heavy atom. The minimum absolute atomic E-state index is 0.0279. The van der Waals surface area contributed by atoms with Crippen LogP contribution in [0.25, 0.3) is 6.08 Å². The summed E-state index contributed by atoms with van der Waals surface area (Å²) < 4.78 is 26.2. The Balaban J connectivity index is 1.53. The molecule has 0 radical (unpaired) electrons. The summed E-state index contributed by atoms with van der Waals surface area (Å²) in [6.07, 6.45) is 1.69. The topological polar surface area (TPSA) is 35.5 Å². The van der Waals surface area contributed by atoms with Crippen molar-refractivity contribution in [3.8, 4) is 11.5 Å². The van der Waals surface area contributed by atoms with Crippen molar-refractivity contribution < 1.29 is 18.7 Å². The first-order valence-corrected chi connectivity index (χ1v) is 9.58. The summed E-state index contributed by atoms with van der Waals surface area (Å²) >= 11 is 9.39. The quantitative estimate of drug-likeness (QED) is 0.421. The lowest BCUT2D eigenvalue weighted by Crippen LogP contribution is -1.99. The van der Waals surface area contributed by atoms with Crippen molar-refractivity contribution in [2.24, 2.45) is 0 Å². The Morgan fingerprint density at radius 1 is 1.11 bits per heavy atom. The number of hydrogen-bond acceptors (Lipinski definition) is 3. The van der Waals surface area contributed by atoms with E-state index in [0.717, 1.165) is 10.0 Å². The van der Waals surface area contributed by atoms with E-state index in [-0.39, 0.29) is 23.7 Å². The van der Waals surface area contributed by atoms with E-state index in [1.54, 1.807) is 30.3 Å². The van der Waals surface area contributed by atoms with Crippen molar-refractivity contribution in [2.75, 3.05) is 0 Å². The Morgan fingerprint density at radius 2 is 1.89 bits per heavy atom. The molecule has 1 aliphatic rings. The van der Waals surface area contributed by atoms with Crippen LogP contribution in [0.2, 0.25) is 5.02 Å². The van der Waals surface area contributed by atoms with Crippen LogP contribution in [0.4, 0.5) is 4.39 Å². The highest BCUT2D eigenvalue weighted by Crippen LogP contribution is 2.35. The third-order valence-corrected chi connectivity index (χ3v) is 5.14. The van der Waals surface area contributed by atoms with Gasteiger partial charge in [0, 0.05) is 16.1 Å². The number of carbonyl (C=O) groups is 1. The van der Waals surface area contributed by atoms with Crippen molar-refractivity contribution in [1.82, 2.24) is 0 Å². The number of rotatable bonds is 4. The summed E-state index contributed by atoms with van der Waals surface area (Å²) in [5, 5.41) is 0.298. The van der Waals surface area contributed by atoms with E-state index in [0.29, 0.717) is 22.1 Å². The summed E-state index contributed by atoms with van der Waals surface area (Å²) in [6.45, 7) is -0.0279. The lowest BCUT2D eigenvalue weighted by molar-refractivity contribution is 0.101. The van der Waals surface area contributed by atoms with Gasteiger partial charge in [-0.2, -0.15) is 0 Å². The first-order valence-electron chi connectivity index (χ1n) is 8.41. The van der Waals surface area contributed by atoms with Crippen molar-refractivity contribution >= 4 is 39.4 Å². The molecule has 0 bridgehead atoms. The van der Waals surface area contributed by atoms with Crippen LogP contribution in [0.1, 0.15) is 21.5 Å². The van der Waals surface area contributed by atoms with Gasteiger partial charge in [-0.05, 0) is 48.0 Å². The number of halogens is 3. The highest BCUT2D eigenvalue weighted by Gasteiger charge is 2.27. The maximum absolute atomic E-state index is 13.9. The zero-order valence-corrected chi connectivity index (χ0v) is 16.8. The molecule has 3 aromatic carbocycles. The number of ketones is 1. The van der Waals surface area contributed by atoms with E-state index in [1.807, 2.05) is 24.3 Å².